The van der Waals surface area contributed by atoms with Crippen molar-refractivity contribution >= 4 is 5.69 Å². The zero-order valence-electron chi connectivity index (χ0n) is 12.3. The molecule has 1 aliphatic carbocycles. The van der Waals surface area contributed by atoms with Crippen LogP contribution in [0.3, 0.4) is 0 Å². The SMILES string of the molecule is N#Cc1nnc(-c2c[nH]c(=O)[nH]c2=O)cc1N1CCC2(CC2)C1. The highest BCUT2D eigenvalue weighted by atomic mass is 16.2. The lowest BCUT2D eigenvalue weighted by Crippen LogP contribution is -2.24. The number of nitriles is 1. The molecule has 23 heavy (non-hydrogen) atoms. The first kappa shape index (κ1) is 13.7. The van der Waals surface area contributed by atoms with Crippen LogP contribution in [0.2, 0.25) is 0 Å². The van der Waals surface area contributed by atoms with Crippen LogP contribution >= 0.6 is 0 Å². The Hall–Kier alpha value is -2.95. The van der Waals surface area contributed by atoms with Crippen LogP contribution in [-0.2, 0) is 0 Å². The molecule has 2 aromatic rings. The lowest BCUT2D eigenvalue weighted by Gasteiger charge is -2.19. The molecule has 1 saturated heterocycles. The van der Waals surface area contributed by atoms with Gasteiger partial charge in [0.05, 0.1) is 11.3 Å². The smallest absolute Gasteiger partial charge is 0.325 e. The standard InChI is InChI=1S/C15H14N6O2/c16-6-11-12(21-4-3-15(8-21)1-2-15)5-10(19-20-11)9-7-17-14(23)18-13(9)22/h5,7H,1-4,8H2,(H2,17,18,22,23). The molecule has 0 amide bonds. The van der Waals surface area contributed by atoms with Crippen LogP contribution in [0, 0.1) is 16.7 Å². The van der Waals surface area contributed by atoms with Crippen LogP contribution < -0.4 is 16.1 Å². The third kappa shape index (κ3) is 2.30. The molecule has 2 aromatic heterocycles. The molecule has 3 heterocycles. The van der Waals surface area contributed by atoms with Crippen LogP contribution in [0.15, 0.2) is 21.9 Å². The largest absolute Gasteiger partial charge is 0.368 e. The lowest BCUT2D eigenvalue weighted by molar-refractivity contribution is 0.581. The summed E-state index contributed by atoms with van der Waals surface area (Å²) in [4.78, 5) is 29.8. The molecule has 0 atom stereocenters. The summed E-state index contributed by atoms with van der Waals surface area (Å²) in [5.41, 5.74) is 0.830. The summed E-state index contributed by atoms with van der Waals surface area (Å²) in [6.45, 7) is 1.79. The quantitative estimate of drug-likeness (QED) is 0.828. The van der Waals surface area contributed by atoms with Crippen molar-refractivity contribution in [1.82, 2.24) is 20.2 Å². The van der Waals surface area contributed by atoms with E-state index < -0.39 is 11.2 Å². The van der Waals surface area contributed by atoms with Gasteiger partial charge in [-0.25, -0.2) is 4.79 Å². The van der Waals surface area contributed by atoms with Crippen molar-refractivity contribution < 1.29 is 0 Å². The Morgan fingerprint density at radius 3 is 2.74 bits per heavy atom. The van der Waals surface area contributed by atoms with E-state index in [9.17, 15) is 14.9 Å². The van der Waals surface area contributed by atoms with E-state index in [0.29, 0.717) is 16.8 Å². The lowest BCUT2D eigenvalue weighted by atomic mass is 10.1. The summed E-state index contributed by atoms with van der Waals surface area (Å²) >= 11 is 0. The van der Waals surface area contributed by atoms with E-state index in [1.54, 1.807) is 6.07 Å². The molecule has 4 rings (SSSR count). The molecular weight excluding hydrogens is 296 g/mol. The van der Waals surface area contributed by atoms with Crippen molar-refractivity contribution in [2.45, 2.75) is 19.3 Å². The topological polar surface area (TPSA) is 119 Å². The van der Waals surface area contributed by atoms with Gasteiger partial charge >= 0.3 is 5.69 Å². The van der Waals surface area contributed by atoms with Gasteiger partial charge in [-0.3, -0.25) is 9.78 Å². The van der Waals surface area contributed by atoms with Crippen molar-refractivity contribution in [1.29, 1.82) is 5.26 Å². The first-order valence-electron chi connectivity index (χ1n) is 7.45. The van der Waals surface area contributed by atoms with Gasteiger partial charge in [-0.05, 0) is 30.7 Å². The molecule has 2 fully saturated rings. The maximum Gasteiger partial charge on any atom is 0.325 e. The maximum atomic E-state index is 11.9. The number of aromatic nitrogens is 4. The molecule has 0 aromatic carbocycles. The van der Waals surface area contributed by atoms with Gasteiger partial charge in [0, 0.05) is 19.3 Å². The van der Waals surface area contributed by atoms with Crippen molar-refractivity contribution in [2.75, 3.05) is 18.0 Å². The van der Waals surface area contributed by atoms with Gasteiger partial charge in [-0.1, -0.05) is 0 Å². The molecular formula is C15H14N6O2. The second-order valence-electron chi connectivity index (χ2n) is 6.23. The Kier molecular flexibility index (Phi) is 2.84. The minimum Gasteiger partial charge on any atom is -0.368 e. The molecule has 1 aliphatic heterocycles. The fraction of sp³-hybridized carbons (Fsp3) is 0.400. The minimum absolute atomic E-state index is 0.225. The number of nitrogens with zero attached hydrogens (tertiary/aromatic N) is 4. The van der Waals surface area contributed by atoms with E-state index in [4.69, 9.17) is 0 Å². The van der Waals surface area contributed by atoms with E-state index in [-0.39, 0.29) is 11.3 Å². The average Bonchev–Trinajstić information content (AvgIpc) is 3.16. The highest BCUT2D eigenvalue weighted by Gasteiger charge is 2.48. The molecule has 0 unspecified atom stereocenters. The van der Waals surface area contributed by atoms with E-state index in [0.717, 1.165) is 19.5 Å². The van der Waals surface area contributed by atoms with Gasteiger partial charge in [-0.15, -0.1) is 10.2 Å². The summed E-state index contributed by atoms with van der Waals surface area (Å²) in [6.07, 6.45) is 4.90. The number of H-pyrrole nitrogens is 2. The van der Waals surface area contributed by atoms with E-state index in [1.165, 1.54) is 19.0 Å². The van der Waals surface area contributed by atoms with Gasteiger partial charge in [0.2, 0.25) is 0 Å². The fourth-order valence-electron chi connectivity index (χ4n) is 3.16. The number of hydrogen-bond donors (Lipinski definition) is 2. The molecule has 0 bridgehead atoms. The molecule has 0 radical (unpaired) electrons. The number of aromatic amines is 2. The third-order valence-corrected chi connectivity index (χ3v) is 4.71. The Bertz CT molecular complexity index is 934. The number of anilines is 1. The van der Waals surface area contributed by atoms with Crippen LogP contribution in [0.1, 0.15) is 25.0 Å². The number of hydrogen-bond acceptors (Lipinski definition) is 6. The van der Waals surface area contributed by atoms with Crippen LogP contribution in [0.5, 0.6) is 0 Å². The van der Waals surface area contributed by atoms with Gasteiger partial charge in [0.1, 0.15) is 11.8 Å². The van der Waals surface area contributed by atoms with Crippen LogP contribution in [-0.4, -0.2) is 33.3 Å². The highest BCUT2D eigenvalue weighted by molar-refractivity contribution is 5.66. The highest BCUT2D eigenvalue weighted by Crippen LogP contribution is 2.53. The van der Waals surface area contributed by atoms with Crippen LogP contribution in [0.25, 0.3) is 11.3 Å². The van der Waals surface area contributed by atoms with Crippen molar-refractivity contribution in [3.63, 3.8) is 0 Å². The van der Waals surface area contributed by atoms with Crippen molar-refractivity contribution in [3.05, 3.63) is 38.8 Å². The predicted molar refractivity (Wildman–Crippen MR) is 81.9 cm³/mol. The van der Waals surface area contributed by atoms with Crippen molar-refractivity contribution in [3.8, 4) is 17.3 Å². The molecule has 8 heteroatoms. The first-order chi connectivity index (χ1) is 11.1. The Labute approximate surface area is 130 Å². The molecule has 116 valence electrons. The van der Waals surface area contributed by atoms with E-state index in [1.807, 2.05) is 0 Å². The molecule has 1 saturated carbocycles. The van der Waals surface area contributed by atoms with Crippen LogP contribution in [0.4, 0.5) is 5.69 Å². The number of nitrogens with one attached hydrogen (secondary N) is 2. The molecule has 1 spiro atoms. The second-order valence-corrected chi connectivity index (χ2v) is 6.23. The van der Waals surface area contributed by atoms with Gasteiger partial charge in [0.15, 0.2) is 5.69 Å². The maximum absolute atomic E-state index is 11.9. The van der Waals surface area contributed by atoms with Crippen molar-refractivity contribution in [2.24, 2.45) is 5.41 Å². The predicted octanol–water partition coefficient (Wildman–Crippen LogP) is 0.382. The Morgan fingerprint density at radius 1 is 1.26 bits per heavy atom. The van der Waals surface area contributed by atoms with E-state index >= 15 is 0 Å². The van der Waals surface area contributed by atoms with Gasteiger partial charge in [-0.2, -0.15) is 5.26 Å². The Morgan fingerprint density at radius 2 is 2.09 bits per heavy atom. The average molecular weight is 310 g/mol. The summed E-state index contributed by atoms with van der Waals surface area (Å²) < 4.78 is 0. The molecule has 2 aliphatic rings. The minimum atomic E-state index is -0.573. The summed E-state index contributed by atoms with van der Waals surface area (Å²) in [5, 5.41) is 17.2. The van der Waals surface area contributed by atoms with Gasteiger partial charge < -0.3 is 9.88 Å². The number of rotatable bonds is 2. The zero-order chi connectivity index (χ0) is 16.0. The zero-order valence-corrected chi connectivity index (χ0v) is 12.3. The molecule has 8 nitrogen and oxygen atoms in total. The Balaban J connectivity index is 1.78. The summed E-state index contributed by atoms with van der Waals surface area (Å²) in [5.74, 6) is 0. The molecule has 2 N–H and O–H groups in total. The second kappa shape index (κ2) is 4.78. The van der Waals surface area contributed by atoms with E-state index in [2.05, 4.69) is 31.1 Å². The summed E-state index contributed by atoms with van der Waals surface area (Å²) in [6, 6.07) is 3.77. The monoisotopic (exact) mass is 310 g/mol. The van der Waals surface area contributed by atoms with Gasteiger partial charge in [0.25, 0.3) is 5.56 Å². The third-order valence-electron chi connectivity index (χ3n) is 4.71. The fourth-order valence-corrected chi connectivity index (χ4v) is 3.16. The normalized spacial score (nSPS) is 18.1. The first-order valence-corrected chi connectivity index (χ1v) is 7.45. The summed E-state index contributed by atoms with van der Waals surface area (Å²) in [7, 11) is 0.